The second-order valence-corrected chi connectivity index (χ2v) is 8.20. The molecule has 1 aromatic carbocycles. The number of benzene rings is 1. The SMILES string of the molecule is COc1c(Br)c(Br)c(Br)c(C=CN(C)C(=O)[C@@H]2CCCN2C)c1OC. The maximum atomic E-state index is 12.6. The zero-order chi connectivity index (χ0) is 18.7. The number of hydrogen-bond donors (Lipinski definition) is 0. The molecule has 2 rings (SSSR count). The summed E-state index contributed by atoms with van der Waals surface area (Å²) in [6.45, 7) is 0.962. The lowest BCUT2D eigenvalue weighted by molar-refractivity contribution is -0.131. The minimum absolute atomic E-state index is 0.0498. The number of amides is 1. The molecular formula is C17H21Br3N2O3. The van der Waals surface area contributed by atoms with Crippen molar-refractivity contribution < 1.29 is 14.3 Å². The van der Waals surface area contributed by atoms with E-state index in [1.54, 1.807) is 32.4 Å². The molecule has 0 aromatic heterocycles. The van der Waals surface area contributed by atoms with Crippen LogP contribution < -0.4 is 9.47 Å². The molecule has 5 nitrogen and oxygen atoms in total. The molecule has 138 valence electrons. The Bertz CT molecular complexity index is 694. The minimum Gasteiger partial charge on any atom is -0.492 e. The molecule has 1 amide bonds. The Kier molecular flexibility index (Phi) is 7.37. The lowest BCUT2D eigenvalue weighted by Gasteiger charge is -2.23. The Balaban J connectivity index is 2.34. The second kappa shape index (κ2) is 8.88. The fraction of sp³-hybridized carbons (Fsp3) is 0.471. The lowest BCUT2D eigenvalue weighted by Crippen LogP contribution is -2.40. The van der Waals surface area contributed by atoms with E-state index in [9.17, 15) is 4.79 Å². The van der Waals surface area contributed by atoms with Gasteiger partial charge in [0.25, 0.3) is 0 Å². The normalized spacial score (nSPS) is 18.0. The average molecular weight is 541 g/mol. The minimum atomic E-state index is -0.0498. The van der Waals surface area contributed by atoms with E-state index in [0.29, 0.717) is 11.5 Å². The third-order valence-electron chi connectivity index (χ3n) is 4.30. The molecule has 0 N–H and O–H groups in total. The molecule has 0 radical (unpaired) electrons. The zero-order valence-corrected chi connectivity index (χ0v) is 19.4. The molecule has 0 bridgehead atoms. The molecule has 0 unspecified atom stereocenters. The first kappa shape index (κ1) is 20.7. The highest BCUT2D eigenvalue weighted by atomic mass is 79.9. The van der Waals surface area contributed by atoms with Crippen molar-refractivity contribution in [3.8, 4) is 11.5 Å². The summed E-state index contributed by atoms with van der Waals surface area (Å²) >= 11 is 10.6. The van der Waals surface area contributed by atoms with Crippen LogP contribution in [0.1, 0.15) is 18.4 Å². The number of hydrogen-bond acceptors (Lipinski definition) is 4. The summed E-state index contributed by atoms with van der Waals surface area (Å²) in [5.74, 6) is 1.26. The van der Waals surface area contributed by atoms with Crippen molar-refractivity contribution in [1.29, 1.82) is 0 Å². The van der Waals surface area contributed by atoms with Gasteiger partial charge in [-0.15, -0.1) is 0 Å². The van der Waals surface area contributed by atoms with Gasteiger partial charge in [0, 0.05) is 23.3 Å². The molecule has 0 saturated carbocycles. The Hall–Kier alpha value is -0.570. The van der Waals surface area contributed by atoms with E-state index in [1.165, 1.54) is 0 Å². The Morgan fingerprint density at radius 1 is 1.16 bits per heavy atom. The first-order valence-electron chi connectivity index (χ1n) is 7.77. The van der Waals surface area contributed by atoms with E-state index in [1.807, 2.05) is 13.1 Å². The maximum Gasteiger partial charge on any atom is 0.243 e. The van der Waals surface area contributed by atoms with Gasteiger partial charge in [-0.25, -0.2) is 0 Å². The topological polar surface area (TPSA) is 42.0 Å². The third-order valence-corrected chi connectivity index (χ3v) is 7.74. The molecule has 8 heteroatoms. The number of carbonyl (C=O) groups is 1. The van der Waals surface area contributed by atoms with Gasteiger partial charge in [-0.2, -0.15) is 0 Å². The van der Waals surface area contributed by atoms with Crippen LogP contribution in [0.5, 0.6) is 11.5 Å². The van der Waals surface area contributed by atoms with Crippen molar-refractivity contribution in [3.63, 3.8) is 0 Å². The predicted molar refractivity (Wildman–Crippen MR) is 110 cm³/mol. The quantitative estimate of drug-likeness (QED) is 0.515. The van der Waals surface area contributed by atoms with Crippen LogP contribution in [0.25, 0.3) is 6.08 Å². The van der Waals surface area contributed by atoms with Crippen LogP contribution in [0.2, 0.25) is 0 Å². The number of carbonyl (C=O) groups excluding carboxylic acids is 1. The van der Waals surface area contributed by atoms with Crippen LogP contribution in [0.15, 0.2) is 19.6 Å². The highest BCUT2D eigenvalue weighted by molar-refractivity contribution is 9.14. The fourth-order valence-corrected chi connectivity index (χ4v) is 4.60. The molecule has 0 spiro atoms. The molecule has 1 aliphatic heterocycles. The van der Waals surface area contributed by atoms with E-state index in [-0.39, 0.29) is 11.9 Å². The van der Waals surface area contributed by atoms with Gasteiger partial charge in [-0.05, 0) is 80.3 Å². The van der Waals surface area contributed by atoms with Crippen molar-refractivity contribution in [1.82, 2.24) is 9.80 Å². The van der Waals surface area contributed by atoms with Crippen molar-refractivity contribution in [2.75, 3.05) is 34.9 Å². The van der Waals surface area contributed by atoms with Crippen LogP contribution in [0.3, 0.4) is 0 Å². The standard InChI is InChI=1S/C17H21Br3N2O3/c1-21-8-5-6-11(21)17(23)22(2)9-7-10-12(18)13(19)14(20)16(25-4)15(10)24-3/h7,9,11H,5-6,8H2,1-4H3/t11-/m0/s1. The molecule has 1 heterocycles. The third kappa shape index (κ3) is 4.23. The van der Waals surface area contributed by atoms with Gasteiger partial charge in [-0.3, -0.25) is 9.69 Å². The number of ether oxygens (including phenoxy) is 2. The van der Waals surface area contributed by atoms with Gasteiger partial charge in [0.1, 0.15) is 0 Å². The summed E-state index contributed by atoms with van der Waals surface area (Å²) in [4.78, 5) is 16.3. The second-order valence-electron chi connectivity index (χ2n) is 5.83. The Morgan fingerprint density at radius 2 is 1.80 bits per heavy atom. The highest BCUT2D eigenvalue weighted by Crippen LogP contribution is 2.48. The summed E-state index contributed by atoms with van der Waals surface area (Å²) in [7, 11) is 6.94. The van der Waals surface area contributed by atoms with Crippen molar-refractivity contribution in [2.24, 2.45) is 0 Å². The summed E-state index contributed by atoms with van der Waals surface area (Å²) in [6, 6.07) is -0.0498. The number of halogens is 3. The molecule has 1 atom stereocenters. The summed E-state index contributed by atoms with van der Waals surface area (Å²) < 4.78 is 13.4. The smallest absolute Gasteiger partial charge is 0.243 e. The van der Waals surface area contributed by atoms with Crippen LogP contribution >= 0.6 is 47.8 Å². The molecule has 1 aliphatic rings. The van der Waals surface area contributed by atoms with Gasteiger partial charge < -0.3 is 14.4 Å². The van der Waals surface area contributed by atoms with Crippen molar-refractivity contribution in [3.05, 3.63) is 25.2 Å². The van der Waals surface area contributed by atoms with Gasteiger partial charge in [0.05, 0.1) is 29.2 Å². The zero-order valence-electron chi connectivity index (χ0n) is 14.6. The molecule has 0 aliphatic carbocycles. The van der Waals surface area contributed by atoms with Crippen LogP contribution in [0, 0.1) is 0 Å². The Morgan fingerprint density at radius 3 is 2.32 bits per heavy atom. The molecular weight excluding hydrogens is 520 g/mol. The number of likely N-dealkylation sites (N-methyl/N-ethyl adjacent to an activating group) is 2. The van der Waals surface area contributed by atoms with Crippen molar-refractivity contribution in [2.45, 2.75) is 18.9 Å². The van der Waals surface area contributed by atoms with Gasteiger partial charge in [0.15, 0.2) is 11.5 Å². The highest BCUT2D eigenvalue weighted by Gasteiger charge is 2.29. The molecule has 25 heavy (non-hydrogen) atoms. The molecule has 1 aromatic rings. The van der Waals surface area contributed by atoms with Crippen LogP contribution in [0.4, 0.5) is 0 Å². The van der Waals surface area contributed by atoms with Crippen LogP contribution in [-0.4, -0.2) is 56.6 Å². The number of rotatable bonds is 5. The monoisotopic (exact) mass is 538 g/mol. The maximum absolute atomic E-state index is 12.6. The first-order chi connectivity index (χ1) is 11.8. The summed E-state index contributed by atoms with van der Waals surface area (Å²) in [5, 5.41) is 0. The fourth-order valence-electron chi connectivity index (χ4n) is 2.89. The van der Waals surface area contributed by atoms with E-state index in [0.717, 1.165) is 38.4 Å². The Labute approximate surface area is 173 Å². The summed E-state index contributed by atoms with van der Waals surface area (Å²) in [5.41, 5.74) is 0.786. The number of nitrogens with zero attached hydrogens (tertiary/aromatic N) is 2. The number of methoxy groups -OCH3 is 2. The molecule has 1 saturated heterocycles. The van der Waals surface area contributed by atoms with Gasteiger partial charge >= 0.3 is 0 Å². The lowest BCUT2D eigenvalue weighted by atomic mass is 10.1. The predicted octanol–water partition coefficient (Wildman–Crippen LogP) is 4.51. The number of likely N-dealkylation sites (tertiary alicyclic amines) is 1. The van der Waals surface area contributed by atoms with Crippen molar-refractivity contribution >= 4 is 59.8 Å². The van der Waals surface area contributed by atoms with E-state index < -0.39 is 0 Å². The molecule has 1 fully saturated rings. The van der Waals surface area contributed by atoms with Gasteiger partial charge in [-0.1, -0.05) is 0 Å². The van der Waals surface area contributed by atoms with E-state index in [2.05, 4.69) is 52.7 Å². The average Bonchev–Trinajstić information content (AvgIpc) is 3.03. The first-order valence-corrected chi connectivity index (χ1v) is 10.1. The van der Waals surface area contributed by atoms with Gasteiger partial charge in [0.2, 0.25) is 5.91 Å². The van der Waals surface area contributed by atoms with E-state index in [4.69, 9.17) is 9.47 Å². The van der Waals surface area contributed by atoms with E-state index >= 15 is 0 Å². The van der Waals surface area contributed by atoms with Crippen LogP contribution in [-0.2, 0) is 4.79 Å². The largest absolute Gasteiger partial charge is 0.492 e. The summed E-state index contributed by atoms with van der Waals surface area (Å²) in [6.07, 6.45) is 5.56.